The topological polar surface area (TPSA) is 32.3 Å². The van der Waals surface area contributed by atoms with Gasteiger partial charge in [0.05, 0.1) is 6.61 Å². The average molecular weight is 117 g/mol. The van der Waals surface area contributed by atoms with Crippen molar-refractivity contribution in [2.24, 2.45) is 0 Å². The molecule has 1 fully saturated rings. The normalized spacial score (nSPS) is 25.1. The average Bonchev–Trinajstić information content (AvgIpc) is 1.69. The molecule has 0 aliphatic carbocycles. The van der Waals surface area contributed by atoms with Crippen LogP contribution in [0, 0.1) is 0 Å². The summed E-state index contributed by atoms with van der Waals surface area (Å²) >= 11 is 0. The maximum absolute atomic E-state index is 8.32. The van der Waals surface area contributed by atoms with Crippen LogP contribution < -0.4 is 5.32 Å². The van der Waals surface area contributed by atoms with E-state index in [1.165, 1.54) is 0 Å². The van der Waals surface area contributed by atoms with Crippen LogP contribution in [-0.4, -0.2) is 24.3 Å². The third-order valence-corrected chi connectivity index (χ3v) is 1.15. The second-order valence-corrected chi connectivity index (χ2v) is 1.62. The van der Waals surface area contributed by atoms with Gasteiger partial charge < -0.3 is 10.4 Å². The van der Waals surface area contributed by atoms with E-state index in [0.717, 1.165) is 13.0 Å². The van der Waals surface area contributed by atoms with E-state index in [1.54, 1.807) is 0 Å². The van der Waals surface area contributed by atoms with Crippen LogP contribution in [0.5, 0.6) is 0 Å². The van der Waals surface area contributed by atoms with Gasteiger partial charge in [-0.1, -0.05) is 13.8 Å². The van der Waals surface area contributed by atoms with Gasteiger partial charge in [-0.15, -0.1) is 0 Å². The smallest absolute Gasteiger partial charge is 0.0585 e. The minimum atomic E-state index is 0.306. The fraction of sp³-hybridized carbons (Fsp3) is 1.00. The highest BCUT2D eigenvalue weighted by Crippen LogP contribution is 1.97. The predicted octanol–water partition coefficient (Wildman–Crippen LogP) is 0.367. The van der Waals surface area contributed by atoms with Gasteiger partial charge in [0.1, 0.15) is 0 Å². The van der Waals surface area contributed by atoms with Gasteiger partial charge in [0.15, 0.2) is 0 Å². The predicted molar refractivity (Wildman–Crippen MR) is 34.8 cm³/mol. The molecule has 0 aromatic rings. The summed E-state index contributed by atoms with van der Waals surface area (Å²) in [6.07, 6.45) is 1.15. The van der Waals surface area contributed by atoms with E-state index in [-0.39, 0.29) is 0 Å². The molecule has 1 rings (SSSR count). The largest absolute Gasteiger partial charge is 0.395 e. The Bertz CT molecular complexity index is 41.0. The SMILES string of the molecule is CC.OCC1CCN1. The standard InChI is InChI=1S/C4H9NO.C2H6/c6-3-4-1-2-5-4;1-2/h4-6H,1-3H2;1-2H3. The third-order valence-electron chi connectivity index (χ3n) is 1.15. The number of rotatable bonds is 1. The molecule has 2 nitrogen and oxygen atoms in total. The first kappa shape index (κ1) is 7.92. The van der Waals surface area contributed by atoms with E-state index < -0.39 is 0 Å². The Morgan fingerprint density at radius 3 is 2.12 bits per heavy atom. The fourth-order valence-electron chi connectivity index (χ4n) is 0.504. The van der Waals surface area contributed by atoms with E-state index >= 15 is 0 Å². The quantitative estimate of drug-likeness (QED) is 0.520. The Morgan fingerprint density at radius 2 is 2.12 bits per heavy atom. The summed E-state index contributed by atoms with van der Waals surface area (Å²) in [4.78, 5) is 0. The number of aliphatic hydroxyl groups is 1. The van der Waals surface area contributed by atoms with E-state index in [1.807, 2.05) is 13.8 Å². The van der Waals surface area contributed by atoms with E-state index in [4.69, 9.17) is 5.11 Å². The van der Waals surface area contributed by atoms with Crippen molar-refractivity contribution in [3.8, 4) is 0 Å². The van der Waals surface area contributed by atoms with Crippen LogP contribution in [0.2, 0.25) is 0 Å². The van der Waals surface area contributed by atoms with Crippen molar-refractivity contribution in [3.63, 3.8) is 0 Å². The van der Waals surface area contributed by atoms with Gasteiger partial charge in [-0.05, 0) is 13.0 Å². The maximum Gasteiger partial charge on any atom is 0.0585 e. The molecule has 0 radical (unpaired) electrons. The van der Waals surface area contributed by atoms with Crippen molar-refractivity contribution < 1.29 is 5.11 Å². The molecule has 8 heavy (non-hydrogen) atoms. The minimum absolute atomic E-state index is 0.306. The van der Waals surface area contributed by atoms with Crippen molar-refractivity contribution in [1.29, 1.82) is 0 Å². The van der Waals surface area contributed by atoms with E-state index in [0.29, 0.717) is 12.6 Å². The Kier molecular flexibility index (Phi) is 5.01. The van der Waals surface area contributed by atoms with E-state index in [2.05, 4.69) is 5.32 Å². The maximum atomic E-state index is 8.32. The second kappa shape index (κ2) is 5.06. The second-order valence-electron chi connectivity index (χ2n) is 1.62. The lowest BCUT2D eigenvalue weighted by Gasteiger charge is -2.24. The number of hydrogen-bond acceptors (Lipinski definition) is 2. The lowest BCUT2D eigenvalue weighted by molar-refractivity contribution is 0.199. The monoisotopic (exact) mass is 117 g/mol. The molecule has 0 spiro atoms. The van der Waals surface area contributed by atoms with Gasteiger partial charge in [-0.2, -0.15) is 0 Å². The van der Waals surface area contributed by atoms with Crippen LogP contribution in [0.4, 0.5) is 0 Å². The molecule has 1 unspecified atom stereocenters. The summed E-state index contributed by atoms with van der Waals surface area (Å²) in [6, 6.07) is 0.421. The highest BCUT2D eigenvalue weighted by atomic mass is 16.3. The lowest BCUT2D eigenvalue weighted by atomic mass is 10.1. The first-order chi connectivity index (χ1) is 3.93. The van der Waals surface area contributed by atoms with Crippen molar-refractivity contribution >= 4 is 0 Å². The molecule has 1 atom stereocenters. The lowest BCUT2D eigenvalue weighted by Crippen LogP contribution is -2.45. The zero-order valence-corrected chi connectivity index (χ0v) is 5.65. The molecule has 1 heterocycles. The molecule has 0 saturated carbocycles. The molecule has 0 amide bonds. The molecule has 50 valence electrons. The molecule has 0 bridgehead atoms. The number of aliphatic hydroxyl groups excluding tert-OH is 1. The Morgan fingerprint density at radius 1 is 1.62 bits per heavy atom. The molecule has 1 aliphatic rings. The molecular weight excluding hydrogens is 102 g/mol. The highest BCUT2D eigenvalue weighted by Gasteiger charge is 2.13. The van der Waals surface area contributed by atoms with Crippen LogP contribution in [0.15, 0.2) is 0 Å². The van der Waals surface area contributed by atoms with Crippen LogP contribution in [-0.2, 0) is 0 Å². The molecule has 2 heteroatoms. The van der Waals surface area contributed by atoms with Gasteiger partial charge in [-0.3, -0.25) is 0 Å². The fourth-order valence-corrected chi connectivity index (χ4v) is 0.504. The van der Waals surface area contributed by atoms with Crippen LogP contribution >= 0.6 is 0 Å². The van der Waals surface area contributed by atoms with Crippen molar-refractivity contribution in [1.82, 2.24) is 5.32 Å². The molecule has 0 aromatic carbocycles. The molecule has 2 N–H and O–H groups in total. The summed E-state index contributed by atoms with van der Waals surface area (Å²) in [5.74, 6) is 0. The summed E-state index contributed by atoms with van der Waals surface area (Å²) in [7, 11) is 0. The van der Waals surface area contributed by atoms with Crippen molar-refractivity contribution in [3.05, 3.63) is 0 Å². The summed E-state index contributed by atoms with van der Waals surface area (Å²) in [6.45, 7) is 5.39. The summed E-state index contributed by atoms with van der Waals surface area (Å²) in [5.41, 5.74) is 0. The Labute approximate surface area is 50.9 Å². The first-order valence-electron chi connectivity index (χ1n) is 3.27. The first-order valence-corrected chi connectivity index (χ1v) is 3.27. The third kappa shape index (κ3) is 2.28. The van der Waals surface area contributed by atoms with Gasteiger partial charge in [0.2, 0.25) is 0 Å². The van der Waals surface area contributed by atoms with Crippen LogP contribution in [0.1, 0.15) is 20.3 Å². The van der Waals surface area contributed by atoms with Gasteiger partial charge in [-0.25, -0.2) is 0 Å². The zero-order chi connectivity index (χ0) is 6.41. The molecule has 0 aromatic heterocycles. The molecular formula is C6H15NO. The van der Waals surface area contributed by atoms with Gasteiger partial charge >= 0.3 is 0 Å². The van der Waals surface area contributed by atoms with Gasteiger partial charge in [0, 0.05) is 6.04 Å². The van der Waals surface area contributed by atoms with Crippen LogP contribution in [0.25, 0.3) is 0 Å². The molecule has 1 aliphatic heterocycles. The molecule has 1 saturated heterocycles. The van der Waals surface area contributed by atoms with E-state index in [9.17, 15) is 0 Å². The highest BCUT2D eigenvalue weighted by molar-refractivity contribution is 4.75. The summed E-state index contributed by atoms with van der Waals surface area (Å²) < 4.78 is 0. The van der Waals surface area contributed by atoms with Crippen molar-refractivity contribution in [2.45, 2.75) is 26.3 Å². The van der Waals surface area contributed by atoms with Crippen LogP contribution in [0.3, 0.4) is 0 Å². The number of hydrogen-bond donors (Lipinski definition) is 2. The van der Waals surface area contributed by atoms with Crippen molar-refractivity contribution in [2.75, 3.05) is 13.2 Å². The summed E-state index contributed by atoms with van der Waals surface area (Å²) in [5, 5.41) is 11.4. The zero-order valence-electron chi connectivity index (χ0n) is 5.65. The number of nitrogens with one attached hydrogen (secondary N) is 1. The Hall–Kier alpha value is -0.0800. The van der Waals surface area contributed by atoms with Gasteiger partial charge in [0.25, 0.3) is 0 Å². The minimum Gasteiger partial charge on any atom is -0.395 e. The Balaban J connectivity index is 0.000000222.